The molecule has 0 fully saturated rings. The van der Waals surface area contributed by atoms with Crippen LogP contribution in [0.1, 0.15) is 29.7 Å². The number of hydrogen-bond donors (Lipinski definition) is 1. The van der Waals surface area contributed by atoms with E-state index in [0.717, 1.165) is 60.4 Å². The van der Waals surface area contributed by atoms with E-state index in [2.05, 4.69) is 9.97 Å². The van der Waals surface area contributed by atoms with Gasteiger partial charge in [0.05, 0.1) is 22.3 Å². The van der Waals surface area contributed by atoms with Crippen molar-refractivity contribution in [3.63, 3.8) is 0 Å². The number of hydrogen-bond acceptors (Lipinski definition) is 4. The van der Waals surface area contributed by atoms with Crippen LogP contribution in [-0.2, 0) is 19.3 Å². The zero-order valence-electron chi connectivity index (χ0n) is 12.0. The Kier molecular flexibility index (Phi) is 3.39. The van der Waals surface area contributed by atoms with Gasteiger partial charge in [-0.1, -0.05) is 23.2 Å². The van der Waals surface area contributed by atoms with Crippen molar-refractivity contribution in [3.8, 4) is 17.0 Å². The minimum absolute atomic E-state index is 0.300. The van der Waals surface area contributed by atoms with Gasteiger partial charge in [0.25, 0.3) is 0 Å². The molecule has 0 spiro atoms. The first-order valence-electron chi connectivity index (χ1n) is 7.44. The third-order valence-corrected chi connectivity index (χ3v) is 4.90. The lowest BCUT2D eigenvalue weighted by Gasteiger charge is -2.20. The van der Waals surface area contributed by atoms with Crippen molar-refractivity contribution in [2.45, 2.75) is 32.1 Å². The highest BCUT2D eigenvalue weighted by molar-refractivity contribution is 6.37. The molecule has 4 rings (SSSR count). The molecule has 1 aromatic carbocycles. The lowest BCUT2D eigenvalue weighted by atomic mass is 9.90. The van der Waals surface area contributed by atoms with Gasteiger partial charge in [-0.15, -0.1) is 0 Å². The smallest absolute Gasteiger partial charge is 0.220 e. The third-order valence-electron chi connectivity index (χ3n) is 4.32. The summed E-state index contributed by atoms with van der Waals surface area (Å²) < 4.78 is 5.66. The second-order valence-corrected chi connectivity index (χ2v) is 6.50. The molecule has 0 saturated carbocycles. The van der Waals surface area contributed by atoms with Crippen LogP contribution in [0.5, 0.6) is 5.75 Å². The molecule has 1 aliphatic carbocycles. The molecule has 114 valence electrons. The number of nitrogen functional groups attached to an aromatic ring is 1. The van der Waals surface area contributed by atoms with Gasteiger partial charge in [0.1, 0.15) is 5.75 Å². The van der Waals surface area contributed by atoms with Gasteiger partial charge in [-0.05, 0) is 31.7 Å². The Morgan fingerprint density at radius 2 is 1.82 bits per heavy atom. The van der Waals surface area contributed by atoms with Gasteiger partial charge < -0.3 is 10.5 Å². The van der Waals surface area contributed by atoms with E-state index >= 15 is 0 Å². The molecule has 22 heavy (non-hydrogen) atoms. The highest BCUT2D eigenvalue weighted by atomic mass is 35.5. The van der Waals surface area contributed by atoms with Crippen molar-refractivity contribution in [1.29, 1.82) is 0 Å². The van der Waals surface area contributed by atoms with Gasteiger partial charge in [0, 0.05) is 28.8 Å². The fourth-order valence-electron chi connectivity index (χ4n) is 3.38. The molecule has 0 bridgehead atoms. The molecular weight excluding hydrogens is 321 g/mol. The number of rotatable bonds is 1. The molecule has 0 radical (unpaired) electrons. The Morgan fingerprint density at radius 1 is 1.00 bits per heavy atom. The molecule has 0 saturated heterocycles. The lowest BCUT2D eigenvalue weighted by molar-refractivity contribution is 0.357. The molecule has 1 aromatic heterocycles. The van der Waals surface area contributed by atoms with Crippen LogP contribution in [-0.4, -0.2) is 16.6 Å². The highest BCUT2D eigenvalue weighted by Crippen LogP contribution is 2.45. The van der Waals surface area contributed by atoms with Gasteiger partial charge in [-0.25, -0.2) is 9.97 Å². The van der Waals surface area contributed by atoms with Gasteiger partial charge in [0.15, 0.2) is 0 Å². The summed E-state index contributed by atoms with van der Waals surface area (Å²) in [6.07, 6.45) is 4.96. The Balaban J connectivity index is 2.01. The molecule has 0 atom stereocenters. The predicted octanol–water partition coefficient (Wildman–Crippen LogP) is 3.85. The van der Waals surface area contributed by atoms with E-state index in [4.69, 9.17) is 33.7 Å². The summed E-state index contributed by atoms with van der Waals surface area (Å²) in [6, 6.07) is 1.73. The van der Waals surface area contributed by atoms with Crippen LogP contribution in [0.3, 0.4) is 0 Å². The van der Waals surface area contributed by atoms with Crippen LogP contribution >= 0.6 is 23.2 Å². The summed E-state index contributed by atoms with van der Waals surface area (Å²) in [5.74, 6) is 1.03. The van der Waals surface area contributed by atoms with E-state index in [1.807, 2.05) is 0 Å². The summed E-state index contributed by atoms with van der Waals surface area (Å²) in [6.45, 7) is 0.616. The minimum Gasteiger partial charge on any atom is -0.491 e. The summed E-state index contributed by atoms with van der Waals surface area (Å²) in [7, 11) is 0. The number of nitrogens with zero attached hydrogens (tertiary/aromatic N) is 2. The standard InChI is InChI=1S/C16H15Cl2N3O/c17-10-7-11(18)15-9(5-6-22-15)13(10)14-8-3-1-2-4-12(8)20-16(19)21-14/h7H,1-6H2,(H2,19,20,21). The number of aryl methyl sites for hydroxylation is 1. The maximum absolute atomic E-state index is 6.50. The van der Waals surface area contributed by atoms with Gasteiger partial charge in [0.2, 0.25) is 5.95 Å². The third kappa shape index (κ3) is 2.13. The molecule has 6 heteroatoms. The van der Waals surface area contributed by atoms with Gasteiger partial charge in [-0.2, -0.15) is 0 Å². The Hall–Kier alpha value is -1.52. The number of anilines is 1. The zero-order chi connectivity index (χ0) is 15.3. The van der Waals surface area contributed by atoms with Crippen LogP contribution in [0, 0.1) is 0 Å². The number of fused-ring (bicyclic) bond motifs is 2. The first kappa shape index (κ1) is 14.1. The number of aromatic nitrogens is 2. The SMILES string of the molecule is Nc1nc2c(c(-c3c(Cl)cc(Cl)c4c3CCO4)n1)CCCC2. The van der Waals surface area contributed by atoms with E-state index in [9.17, 15) is 0 Å². The molecule has 1 aliphatic heterocycles. The Morgan fingerprint density at radius 3 is 2.68 bits per heavy atom. The van der Waals surface area contributed by atoms with Crippen molar-refractivity contribution in [2.24, 2.45) is 0 Å². The second kappa shape index (κ2) is 5.28. The monoisotopic (exact) mass is 335 g/mol. The van der Waals surface area contributed by atoms with E-state index in [-0.39, 0.29) is 0 Å². The van der Waals surface area contributed by atoms with Crippen LogP contribution in [0.15, 0.2) is 6.07 Å². The maximum Gasteiger partial charge on any atom is 0.220 e. The van der Waals surface area contributed by atoms with Crippen molar-refractivity contribution in [3.05, 3.63) is 32.9 Å². The first-order chi connectivity index (χ1) is 10.6. The average molecular weight is 336 g/mol. The number of benzene rings is 1. The summed E-state index contributed by atoms with van der Waals surface area (Å²) >= 11 is 12.7. The van der Waals surface area contributed by atoms with Gasteiger partial charge >= 0.3 is 0 Å². The van der Waals surface area contributed by atoms with Crippen molar-refractivity contribution in [1.82, 2.24) is 9.97 Å². The zero-order valence-corrected chi connectivity index (χ0v) is 13.5. The highest BCUT2D eigenvalue weighted by Gasteiger charge is 2.27. The fraction of sp³-hybridized carbons (Fsp3) is 0.375. The van der Waals surface area contributed by atoms with E-state index in [1.165, 1.54) is 5.56 Å². The normalized spacial score (nSPS) is 16.1. The Labute approximate surface area is 138 Å². The van der Waals surface area contributed by atoms with Crippen LogP contribution in [0.25, 0.3) is 11.3 Å². The van der Waals surface area contributed by atoms with Crippen LogP contribution in [0.4, 0.5) is 5.95 Å². The largest absolute Gasteiger partial charge is 0.491 e. The molecule has 4 nitrogen and oxygen atoms in total. The van der Waals surface area contributed by atoms with Crippen LogP contribution in [0.2, 0.25) is 10.0 Å². The number of halogens is 2. The quantitative estimate of drug-likeness (QED) is 0.859. The summed E-state index contributed by atoms with van der Waals surface area (Å²) in [5.41, 5.74) is 10.9. The molecular formula is C16H15Cl2N3O. The first-order valence-corrected chi connectivity index (χ1v) is 8.20. The predicted molar refractivity (Wildman–Crippen MR) is 87.7 cm³/mol. The molecule has 2 aromatic rings. The average Bonchev–Trinajstić information content (AvgIpc) is 2.96. The topological polar surface area (TPSA) is 61.0 Å². The molecule has 2 N–H and O–H groups in total. The molecule has 2 aliphatic rings. The number of ether oxygens (including phenoxy) is 1. The second-order valence-electron chi connectivity index (χ2n) is 5.68. The van der Waals surface area contributed by atoms with Crippen LogP contribution < -0.4 is 10.5 Å². The number of nitrogens with two attached hydrogens (primary N) is 1. The maximum atomic E-state index is 6.50. The summed E-state index contributed by atoms with van der Waals surface area (Å²) in [5, 5.41) is 1.15. The van der Waals surface area contributed by atoms with E-state index < -0.39 is 0 Å². The lowest BCUT2D eigenvalue weighted by Crippen LogP contribution is -2.12. The van der Waals surface area contributed by atoms with Crippen molar-refractivity contribution in [2.75, 3.05) is 12.3 Å². The van der Waals surface area contributed by atoms with E-state index in [0.29, 0.717) is 22.6 Å². The summed E-state index contributed by atoms with van der Waals surface area (Å²) in [4.78, 5) is 8.92. The molecule has 0 amide bonds. The van der Waals surface area contributed by atoms with Crippen molar-refractivity contribution >= 4 is 29.2 Å². The van der Waals surface area contributed by atoms with Crippen molar-refractivity contribution < 1.29 is 4.74 Å². The minimum atomic E-state index is 0.300. The van der Waals surface area contributed by atoms with E-state index in [1.54, 1.807) is 6.07 Å². The Bertz CT molecular complexity index is 777. The fourth-order valence-corrected chi connectivity index (χ4v) is 4.02. The molecule has 0 unspecified atom stereocenters. The molecule has 2 heterocycles. The van der Waals surface area contributed by atoms with Gasteiger partial charge in [-0.3, -0.25) is 0 Å².